The molecule has 9 nitrogen and oxygen atoms in total. The van der Waals surface area contributed by atoms with E-state index in [4.69, 9.17) is 4.74 Å². The zero-order valence-electron chi connectivity index (χ0n) is 17.9. The van der Waals surface area contributed by atoms with Gasteiger partial charge < -0.3 is 34.5 Å². The fraction of sp³-hybridized carbons (Fsp3) is 0.714. The Hall–Kier alpha value is -0.760. The highest BCUT2D eigenvalue weighted by atomic mass is 31.2. The van der Waals surface area contributed by atoms with Crippen LogP contribution in [-0.4, -0.2) is 54.0 Å². The van der Waals surface area contributed by atoms with Crippen LogP contribution in [0.1, 0.15) is 56.1 Å². The van der Waals surface area contributed by atoms with Crippen LogP contribution >= 0.6 is 15.2 Å². The van der Waals surface area contributed by atoms with Crippen molar-refractivity contribution in [2.45, 2.75) is 69.0 Å². The number of aliphatic hydroxyl groups excluding tert-OH is 1. The number of fused-ring (bicyclic) bond motifs is 5. The van der Waals surface area contributed by atoms with E-state index in [1.807, 2.05) is 6.07 Å². The first-order chi connectivity index (χ1) is 14.8. The molecule has 1 unspecified atom stereocenters. The molecule has 0 radical (unpaired) electrons. The SMILES string of the molecule is C[C@]12CC(OCCC(P(=O)(O)O)P(=O)(O)O)[C@@H]3c4ccc(O)cc4CC[C@H]3[C@@H]1CC[C@@H]2O. The summed E-state index contributed by atoms with van der Waals surface area (Å²) >= 11 is 0. The van der Waals surface area contributed by atoms with E-state index in [9.17, 15) is 38.9 Å². The van der Waals surface area contributed by atoms with E-state index >= 15 is 0 Å². The minimum Gasteiger partial charge on any atom is -0.508 e. The summed E-state index contributed by atoms with van der Waals surface area (Å²) in [5.74, 6) is 0.767. The average Bonchev–Trinajstić information content (AvgIpc) is 2.97. The maximum absolute atomic E-state index is 11.6. The molecule has 6 atom stereocenters. The van der Waals surface area contributed by atoms with Gasteiger partial charge in [-0.2, -0.15) is 0 Å². The monoisotopic (exact) mass is 490 g/mol. The Morgan fingerprint density at radius 1 is 1.12 bits per heavy atom. The van der Waals surface area contributed by atoms with Gasteiger partial charge in [0.2, 0.25) is 0 Å². The highest BCUT2D eigenvalue weighted by Gasteiger charge is 2.58. The topological polar surface area (TPSA) is 165 Å². The number of aliphatic hydroxyl groups is 1. The second-order valence-electron chi connectivity index (χ2n) is 9.88. The predicted octanol–water partition coefficient (Wildman–Crippen LogP) is 2.68. The summed E-state index contributed by atoms with van der Waals surface area (Å²) in [4.78, 5) is 37.6. The van der Waals surface area contributed by atoms with Crippen LogP contribution in [-0.2, 0) is 20.3 Å². The fourth-order valence-corrected chi connectivity index (χ4v) is 9.06. The molecular formula is C21H32O9P2. The molecule has 180 valence electrons. The molecule has 0 amide bonds. The van der Waals surface area contributed by atoms with E-state index < -0.39 is 33.1 Å². The summed E-state index contributed by atoms with van der Waals surface area (Å²) in [6.07, 6.45) is 2.62. The molecule has 0 aliphatic heterocycles. The molecule has 2 fully saturated rings. The van der Waals surface area contributed by atoms with Crippen molar-refractivity contribution in [2.75, 3.05) is 6.61 Å². The summed E-state index contributed by atoms with van der Waals surface area (Å²) in [6.45, 7) is 1.86. The van der Waals surface area contributed by atoms with Crippen molar-refractivity contribution in [3.8, 4) is 5.75 Å². The van der Waals surface area contributed by atoms with Gasteiger partial charge in [0.1, 0.15) is 5.75 Å². The van der Waals surface area contributed by atoms with Crippen LogP contribution < -0.4 is 0 Å². The van der Waals surface area contributed by atoms with E-state index in [0.29, 0.717) is 12.3 Å². The minimum atomic E-state index is -5.01. The summed E-state index contributed by atoms with van der Waals surface area (Å²) in [7, 11) is -10.0. The normalized spacial score (nSPS) is 34.8. The first-order valence-corrected chi connectivity index (χ1v) is 14.4. The van der Waals surface area contributed by atoms with Crippen molar-refractivity contribution in [2.24, 2.45) is 17.3 Å². The van der Waals surface area contributed by atoms with Crippen LogP contribution in [0.25, 0.3) is 0 Å². The Labute approximate surface area is 187 Å². The van der Waals surface area contributed by atoms with Crippen molar-refractivity contribution in [1.29, 1.82) is 0 Å². The third kappa shape index (κ3) is 4.35. The molecular weight excluding hydrogens is 458 g/mol. The van der Waals surface area contributed by atoms with Crippen LogP contribution in [0.3, 0.4) is 0 Å². The first-order valence-electron chi connectivity index (χ1n) is 11.0. The molecule has 1 aromatic rings. The number of hydrogen-bond donors (Lipinski definition) is 6. The fourth-order valence-electron chi connectivity index (χ4n) is 6.61. The van der Waals surface area contributed by atoms with Gasteiger partial charge in [0.15, 0.2) is 5.40 Å². The smallest absolute Gasteiger partial charge is 0.340 e. The van der Waals surface area contributed by atoms with Crippen LogP contribution in [0.4, 0.5) is 0 Å². The van der Waals surface area contributed by atoms with Gasteiger partial charge in [0, 0.05) is 12.5 Å². The number of phenols is 1. The molecule has 3 aliphatic carbocycles. The zero-order valence-corrected chi connectivity index (χ0v) is 19.7. The third-order valence-electron chi connectivity index (χ3n) is 8.10. The van der Waals surface area contributed by atoms with Gasteiger partial charge in [0.25, 0.3) is 0 Å². The Kier molecular flexibility index (Phi) is 6.45. The lowest BCUT2D eigenvalue weighted by Crippen LogP contribution is -2.51. The van der Waals surface area contributed by atoms with E-state index in [-0.39, 0.29) is 35.7 Å². The molecule has 2 saturated carbocycles. The van der Waals surface area contributed by atoms with Crippen LogP contribution in [0.5, 0.6) is 5.75 Å². The lowest BCUT2D eigenvalue weighted by atomic mass is 9.54. The number of phenolic OH excluding ortho intramolecular Hbond substituents is 1. The molecule has 0 heterocycles. The molecule has 6 N–H and O–H groups in total. The standard InChI is InChI=1S/C21H32O9P2/c1-21-11-17(30-9-8-19(31(24,25)26)32(27,28)29)20-14-5-3-13(22)10-12(14)2-4-15(20)16(21)6-7-18(21)23/h3,5,10,15-20,22-23H,2,4,6-9,11H2,1H3,(H2,24,25,26)(H2,27,28,29)/t15-,16-,17?,18-,20+,21-/m0/s1. The molecule has 0 bridgehead atoms. The average molecular weight is 490 g/mol. The van der Waals surface area contributed by atoms with E-state index in [2.05, 4.69) is 6.92 Å². The van der Waals surface area contributed by atoms with Gasteiger partial charge in [0.05, 0.1) is 12.2 Å². The lowest BCUT2D eigenvalue weighted by Gasteiger charge is -2.53. The van der Waals surface area contributed by atoms with Crippen molar-refractivity contribution in [3.63, 3.8) is 0 Å². The van der Waals surface area contributed by atoms with Crippen LogP contribution in [0.15, 0.2) is 18.2 Å². The highest BCUT2D eigenvalue weighted by molar-refractivity contribution is 7.70. The van der Waals surface area contributed by atoms with Crippen LogP contribution in [0.2, 0.25) is 0 Å². The maximum atomic E-state index is 11.6. The van der Waals surface area contributed by atoms with Crippen molar-refractivity contribution in [3.05, 3.63) is 29.3 Å². The molecule has 0 spiro atoms. The Morgan fingerprint density at radius 2 is 1.81 bits per heavy atom. The van der Waals surface area contributed by atoms with Crippen molar-refractivity contribution >= 4 is 15.2 Å². The Balaban J connectivity index is 1.61. The molecule has 4 rings (SSSR count). The molecule has 0 aromatic heterocycles. The van der Waals surface area contributed by atoms with Crippen LogP contribution in [0, 0.1) is 17.3 Å². The molecule has 0 saturated heterocycles. The van der Waals surface area contributed by atoms with E-state index in [0.717, 1.165) is 36.8 Å². The van der Waals surface area contributed by atoms with E-state index in [1.54, 1.807) is 12.1 Å². The first kappa shape index (κ1) is 24.4. The largest absolute Gasteiger partial charge is 0.508 e. The third-order valence-corrected chi connectivity index (χ3v) is 12.0. The van der Waals surface area contributed by atoms with Gasteiger partial charge in [-0.15, -0.1) is 0 Å². The van der Waals surface area contributed by atoms with Gasteiger partial charge in [-0.1, -0.05) is 13.0 Å². The van der Waals surface area contributed by atoms with Gasteiger partial charge in [-0.05, 0) is 79.0 Å². The molecule has 1 aromatic carbocycles. The summed E-state index contributed by atoms with van der Waals surface area (Å²) < 4.78 is 29.4. The number of aryl methyl sites for hydroxylation is 1. The second kappa shape index (κ2) is 8.47. The Morgan fingerprint density at radius 3 is 2.47 bits per heavy atom. The lowest BCUT2D eigenvalue weighted by molar-refractivity contribution is -0.105. The number of ether oxygens (including phenoxy) is 1. The van der Waals surface area contributed by atoms with Crippen molar-refractivity contribution < 1.29 is 43.7 Å². The summed E-state index contributed by atoms with van der Waals surface area (Å²) in [5.41, 5.74) is 1.78. The summed E-state index contributed by atoms with van der Waals surface area (Å²) in [6, 6.07) is 5.31. The zero-order chi connectivity index (χ0) is 23.5. The molecule has 32 heavy (non-hydrogen) atoms. The molecule has 11 heteroatoms. The summed E-state index contributed by atoms with van der Waals surface area (Å²) in [5, 5.41) is 18.6. The predicted molar refractivity (Wildman–Crippen MR) is 116 cm³/mol. The number of rotatable bonds is 6. The number of benzene rings is 1. The number of hydrogen-bond acceptors (Lipinski definition) is 5. The maximum Gasteiger partial charge on any atom is 0.340 e. The minimum absolute atomic E-state index is 0.00806. The highest BCUT2D eigenvalue weighted by Crippen LogP contribution is 2.63. The molecule has 3 aliphatic rings. The second-order valence-corrected chi connectivity index (χ2v) is 13.9. The number of aromatic hydroxyl groups is 1. The van der Waals surface area contributed by atoms with Crippen molar-refractivity contribution in [1.82, 2.24) is 0 Å². The van der Waals surface area contributed by atoms with Gasteiger partial charge in [-0.3, -0.25) is 9.13 Å². The quantitative estimate of drug-likeness (QED) is 0.329. The van der Waals surface area contributed by atoms with Gasteiger partial charge >= 0.3 is 15.2 Å². The van der Waals surface area contributed by atoms with Gasteiger partial charge in [-0.25, -0.2) is 0 Å². The van der Waals surface area contributed by atoms with E-state index in [1.165, 1.54) is 0 Å². The Bertz CT molecular complexity index is 935.